The summed E-state index contributed by atoms with van der Waals surface area (Å²) in [6.45, 7) is 6.02. The van der Waals surface area contributed by atoms with Crippen LogP contribution in [0.1, 0.15) is 36.0 Å². The van der Waals surface area contributed by atoms with Gasteiger partial charge in [0.05, 0.1) is 6.42 Å². The highest BCUT2D eigenvalue weighted by molar-refractivity contribution is 9.10. The Morgan fingerprint density at radius 2 is 2.07 bits per heavy atom. The zero-order valence-electron chi connectivity index (χ0n) is 9.17. The monoisotopic (exact) mass is 270 g/mol. The minimum atomic E-state index is -0.754. The number of benzene rings is 1. The van der Waals surface area contributed by atoms with Gasteiger partial charge in [0.25, 0.3) is 0 Å². The van der Waals surface area contributed by atoms with Crippen molar-refractivity contribution in [3.8, 4) is 0 Å². The highest BCUT2D eigenvalue weighted by Crippen LogP contribution is 2.31. The molecule has 2 nitrogen and oxygen atoms in total. The molecule has 0 aliphatic heterocycles. The molecule has 1 aromatic rings. The van der Waals surface area contributed by atoms with E-state index in [0.29, 0.717) is 0 Å². The summed E-state index contributed by atoms with van der Waals surface area (Å²) < 4.78 is 0.999. The lowest BCUT2D eigenvalue weighted by Gasteiger charge is -2.16. The molecule has 0 aromatic heterocycles. The topological polar surface area (TPSA) is 37.3 Å². The predicted molar refractivity (Wildman–Crippen MR) is 64.3 cm³/mol. The molecule has 0 aliphatic carbocycles. The maximum Gasteiger partial charge on any atom is 0.303 e. The molecular weight excluding hydrogens is 256 g/mol. The van der Waals surface area contributed by atoms with E-state index in [1.54, 1.807) is 0 Å². The third-order valence-corrected chi connectivity index (χ3v) is 3.40. The van der Waals surface area contributed by atoms with E-state index in [4.69, 9.17) is 5.11 Å². The zero-order chi connectivity index (χ0) is 11.6. The number of carbonyl (C=O) groups is 1. The Kier molecular flexibility index (Phi) is 3.91. The Morgan fingerprint density at radius 1 is 1.47 bits per heavy atom. The Labute approximate surface area is 98.4 Å². The van der Waals surface area contributed by atoms with Gasteiger partial charge >= 0.3 is 5.97 Å². The average Bonchev–Trinajstić information content (AvgIpc) is 2.11. The van der Waals surface area contributed by atoms with Crippen molar-refractivity contribution in [1.29, 1.82) is 0 Å². The van der Waals surface area contributed by atoms with Crippen LogP contribution in [-0.2, 0) is 4.79 Å². The fraction of sp³-hybridized carbons (Fsp3) is 0.417. The largest absolute Gasteiger partial charge is 0.481 e. The molecule has 0 saturated heterocycles. The molecule has 0 radical (unpaired) electrons. The van der Waals surface area contributed by atoms with Crippen molar-refractivity contribution in [1.82, 2.24) is 0 Å². The quantitative estimate of drug-likeness (QED) is 0.911. The van der Waals surface area contributed by atoms with Crippen molar-refractivity contribution in [3.63, 3.8) is 0 Å². The van der Waals surface area contributed by atoms with Crippen molar-refractivity contribution >= 4 is 21.9 Å². The van der Waals surface area contributed by atoms with Crippen LogP contribution in [0, 0.1) is 13.8 Å². The van der Waals surface area contributed by atoms with E-state index in [0.717, 1.165) is 10.0 Å². The van der Waals surface area contributed by atoms with Crippen molar-refractivity contribution in [3.05, 3.63) is 33.3 Å². The Morgan fingerprint density at radius 3 is 2.60 bits per heavy atom. The first-order chi connectivity index (χ1) is 6.93. The van der Waals surface area contributed by atoms with Crippen LogP contribution in [-0.4, -0.2) is 11.1 Å². The van der Waals surface area contributed by atoms with Crippen LogP contribution in [0.25, 0.3) is 0 Å². The number of aryl methyl sites for hydroxylation is 1. The zero-order valence-corrected chi connectivity index (χ0v) is 10.8. The molecule has 1 atom stereocenters. The van der Waals surface area contributed by atoms with E-state index in [1.807, 2.05) is 32.9 Å². The van der Waals surface area contributed by atoms with Gasteiger partial charge in [-0.1, -0.05) is 28.9 Å². The third-order valence-electron chi connectivity index (χ3n) is 2.71. The van der Waals surface area contributed by atoms with Crippen LogP contribution in [0.2, 0.25) is 0 Å². The lowest BCUT2D eigenvalue weighted by molar-refractivity contribution is -0.137. The minimum absolute atomic E-state index is 0.0387. The van der Waals surface area contributed by atoms with E-state index in [1.165, 1.54) is 11.1 Å². The molecule has 1 rings (SSSR count). The molecule has 0 amide bonds. The summed E-state index contributed by atoms with van der Waals surface area (Å²) in [5.74, 6) is -0.716. The molecule has 0 aliphatic rings. The molecule has 1 unspecified atom stereocenters. The summed E-state index contributed by atoms with van der Waals surface area (Å²) in [4.78, 5) is 10.7. The van der Waals surface area contributed by atoms with E-state index >= 15 is 0 Å². The van der Waals surface area contributed by atoms with Gasteiger partial charge in [-0.25, -0.2) is 0 Å². The number of hydrogen-bond donors (Lipinski definition) is 1. The van der Waals surface area contributed by atoms with Gasteiger partial charge in [0.15, 0.2) is 0 Å². The molecule has 0 spiro atoms. The normalized spacial score (nSPS) is 12.5. The van der Waals surface area contributed by atoms with E-state index in [9.17, 15) is 4.79 Å². The van der Waals surface area contributed by atoms with Gasteiger partial charge in [0.2, 0.25) is 0 Å². The second kappa shape index (κ2) is 4.79. The van der Waals surface area contributed by atoms with Gasteiger partial charge in [-0.05, 0) is 42.5 Å². The fourth-order valence-corrected chi connectivity index (χ4v) is 2.59. The highest BCUT2D eigenvalue weighted by Gasteiger charge is 2.16. The Bertz CT molecular complexity index is 385. The number of halogens is 1. The summed E-state index contributed by atoms with van der Waals surface area (Å²) in [6.07, 6.45) is 0.170. The molecule has 0 fully saturated rings. The smallest absolute Gasteiger partial charge is 0.303 e. The average molecular weight is 271 g/mol. The molecule has 82 valence electrons. The van der Waals surface area contributed by atoms with Crippen LogP contribution in [0.5, 0.6) is 0 Å². The van der Waals surface area contributed by atoms with Crippen molar-refractivity contribution in [2.45, 2.75) is 33.1 Å². The molecule has 15 heavy (non-hydrogen) atoms. The molecule has 0 bridgehead atoms. The van der Waals surface area contributed by atoms with Crippen LogP contribution in [0.4, 0.5) is 0 Å². The number of carboxylic acid groups (broad SMARTS) is 1. The molecule has 1 N–H and O–H groups in total. The fourth-order valence-electron chi connectivity index (χ4n) is 1.77. The lowest BCUT2D eigenvalue weighted by atomic mass is 9.91. The summed E-state index contributed by atoms with van der Waals surface area (Å²) in [5, 5.41) is 8.78. The predicted octanol–water partition coefficient (Wildman–Crippen LogP) is 3.64. The summed E-state index contributed by atoms with van der Waals surface area (Å²) in [6, 6.07) is 4.02. The standard InChI is InChI=1S/C12H15BrO2/c1-7-4-5-10(13)12(9(7)3)8(2)6-11(14)15/h4-5,8H,6H2,1-3H3,(H,14,15). The van der Waals surface area contributed by atoms with Crippen LogP contribution >= 0.6 is 15.9 Å². The minimum Gasteiger partial charge on any atom is -0.481 e. The van der Waals surface area contributed by atoms with Gasteiger partial charge in [0.1, 0.15) is 0 Å². The first-order valence-electron chi connectivity index (χ1n) is 4.91. The van der Waals surface area contributed by atoms with Crippen molar-refractivity contribution in [2.24, 2.45) is 0 Å². The second-order valence-corrected chi connectivity index (χ2v) is 4.76. The second-order valence-electron chi connectivity index (χ2n) is 3.90. The Balaban J connectivity index is 3.12. The lowest BCUT2D eigenvalue weighted by Crippen LogP contribution is -2.06. The maximum absolute atomic E-state index is 10.7. The van der Waals surface area contributed by atoms with E-state index < -0.39 is 5.97 Å². The van der Waals surface area contributed by atoms with Crippen LogP contribution in [0.3, 0.4) is 0 Å². The van der Waals surface area contributed by atoms with Gasteiger partial charge in [0, 0.05) is 4.47 Å². The van der Waals surface area contributed by atoms with E-state index in [2.05, 4.69) is 15.9 Å². The summed E-state index contributed by atoms with van der Waals surface area (Å²) >= 11 is 3.48. The Hall–Kier alpha value is -0.830. The summed E-state index contributed by atoms with van der Waals surface area (Å²) in [5.41, 5.74) is 3.49. The van der Waals surface area contributed by atoms with Crippen molar-refractivity contribution < 1.29 is 9.90 Å². The molecular formula is C12H15BrO2. The first-order valence-corrected chi connectivity index (χ1v) is 5.70. The van der Waals surface area contributed by atoms with Crippen molar-refractivity contribution in [2.75, 3.05) is 0 Å². The van der Waals surface area contributed by atoms with Gasteiger partial charge < -0.3 is 5.11 Å². The van der Waals surface area contributed by atoms with Crippen LogP contribution in [0.15, 0.2) is 16.6 Å². The van der Waals surface area contributed by atoms with Gasteiger partial charge in [-0.2, -0.15) is 0 Å². The van der Waals surface area contributed by atoms with Gasteiger partial charge in [-0.3, -0.25) is 4.79 Å². The maximum atomic E-state index is 10.7. The SMILES string of the molecule is Cc1ccc(Br)c(C(C)CC(=O)O)c1C. The summed E-state index contributed by atoms with van der Waals surface area (Å²) in [7, 11) is 0. The highest BCUT2D eigenvalue weighted by atomic mass is 79.9. The molecule has 0 saturated carbocycles. The van der Waals surface area contributed by atoms with Crippen LogP contribution < -0.4 is 0 Å². The number of rotatable bonds is 3. The number of hydrogen-bond acceptors (Lipinski definition) is 1. The number of carboxylic acids is 1. The molecule has 0 heterocycles. The van der Waals surface area contributed by atoms with Gasteiger partial charge in [-0.15, -0.1) is 0 Å². The third kappa shape index (κ3) is 2.81. The molecule has 3 heteroatoms. The van der Waals surface area contributed by atoms with E-state index in [-0.39, 0.29) is 12.3 Å². The number of aliphatic carboxylic acids is 1. The first kappa shape index (κ1) is 12.2. The molecule has 1 aromatic carbocycles.